The van der Waals surface area contributed by atoms with Crippen molar-refractivity contribution in [1.29, 1.82) is 0 Å². The van der Waals surface area contributed by atoms with Crippen LogP contribution in [0.3, 0.4) is 0 Å². The monoisotopic (exact) mass is 305 g/mol. The van der Waals surface area contributed by atoms with E-state index < -0.39 is 5.54 Å². The van der Waals surface area contributed by atoms with Gasteiger partial charge >= 0.3 is 0 Å². The molecule has 0 saturated carbocycles. The van der Waals surface area contributed by atoms with E-state index in [2.05, 4.69) is 5.32 Å². The molecule has 21 heavy (non-hydrogen) atoms. The van der Waals surface area contributed by atoms with Crippen molar-refractivity contribution in [2.24, 2.45) is 0 Å². The Morgan fingerprint density at radius 3 is 2.33 bits per heavy atom. The van der Waals surface area contributed by atoms with Crippen LogP contribution in [0.2, 0.25) is 5.02 Å². The maximum atomic E-state index is 9.97. The first-order valence-electron chi connectivity index (χ1n) is 6.93. The van der Waals surface area contributed by atoms with Gasteiger partial charge in [-0.3, -0.25) is 0 Å². The van der Waals surface area contributed by atoms with Gasteiger partial charge < -0.3 is 15.2 Å². The summed E-state index contributed by atoms with van der Waals surface area (Å²) in [6.07, 6.45) is 0.723. The number of hydrogen-bond donors (Lipinski definition) is 2. The maximum absolute atomic E-state index is 9.97. The van der Waals surface area contributed by atoms with Crippen molar-refractivity contribution in [3.05, 3.63) is 59.1 Å². The van der Waals surface area contributed by atoms with Crippen LogP contribution in [0.5, 0.6) is 5.75 Å². The molecule has 1 atom stereocenters. The van der Waals surface area contributed by atoms with E-state index in [9.17, 15) is 5.11 Å². The summed E-state index contributed by atoms with van der Waals surface area (Å²) >= 11 is 6.22. The Morgan fingerprint density at radius 1 is 1.14 bits per heavy atom. The molecule has 0 aliphatic heterocycles. The molecule has 2 N–H and O–H groups in total. The van der Waals surface area contributed by atoms with Gasteiger partial charge in [0.2, 0.25) is 0 Å². The van der Waals surface area contributed by atoms with Gasteiger partial charge in [0, 0.05) is 0 Å². The summed E-state index contributed by atoms with van der Waals surface area (Å²) in [5.74, 6) is 0.791. The molecule has 0 amide bonds. The third-order valence-electron chi connectivity index (χ3n) is 3.76. The van der Waals surface area contributed by atoms with Crippen molar-refractivity contribution < 1.29 is 9.84 Å². The van der Waals surface area contributed by atoms with E-state index in [0.717, 1.165) is 23.4 Å². The summed E-state index contributed by atoms with van der Waals surface area (Å²) < 4.78 is 5.18. The van der Waals surface area contributed by atoms with Gasteiger partial charge in [-0.05, 0) is 36.2 Å². The maximum Gasteiger partial charge on any atom is 0.118 e. The molecule has 0 aliphatic carbocycles. The molecule has 0 radical (unpaired) electrons. The van der Waals surface area contributed by atoms with Gasteiger partial charge in [-0.15, -0.1) is 0 Å². The molecule has 0 aliphatic rings. The van der Waals surface area contributed by atoms with Crippen molar-refractivity contribution in [3.63, 3.8) is 0 Å². The SMILES string of the molecule is CCC(CO)(Nc1ccccc1Cl)c1ccc(OC)cc1. The number of anilines is 1. The Balaban J connectivity index is 2.37. The quantitative estimate of drug-likeness (QED) is 0.845. The van der Waals surface area contributed by atoms with Gasteiger partial charge in [0.15, 0.2) is 0 Å². The standard InChI is InChI=1S/C17H20ClNO2/c1-3-17(12-20,13-8-10-14(21-2)11-9-13)19-16-7-5-4-6-15(16)18/h4-11,19-20H,3,12H2,1-2H3. The van der Waals surface area contributed by atoms with E-state index in [1.165, 1.54) is 0 Å². The molecule has 0 aromatic heterocycles. The normalized spacial score (nSPS) is 13.5. The second kappa shape index (κ2) is 6.83. The number of benzene rings is 2. The van der Waals surface area contributed by atoms with E-state index in [-0.39, 0.29) is 6.61 Å². The van der Waals surface area contributed by atoms with Gasteiger partial charge in [-0.25, -0.2) is 0 Å². The molecule has 112 valence electrons. The number of nitrogens with one attached hydrogen (secondary N) is 1. The highest BCUT2D eigenvalue weighted by Crippen LogP contribution is 2.33. The number of hydrogen-bond acceptors (Lipinski definition) is 3. The van der Waals surface area contributed by atoms with Crippen molar-refractivity contribution in [3.8, 4) is 5.75 Å². The molecule has 2 rings (SSSR count). The van der Waals surface area contributed by atoms with Gasteiger partial charge in [0.1, 0.15) is 5.75 Å². The number of rotatable bonds is 6. The summed E-state index contributed by atoms with van der Waals surface area (Å²) in [5, 5.41) is 14.0. The van der Waals surface area contributed by atoms with Crippen molar-refractivity contribution >= 4 is 17.3 Å². The Hall–Kier alpha value is -1.71. The average Bonchev–Trinajstić information content (AvgIpc) is 2.55. The van der Waals surface area contributed by atoms with Crippen molar-refractivity contribution in [1.82, 2.24) is 0 Å². The highest BCUT2D eigenvalue weighted by Gasteiger charge is 2.30. The van der Waals surface area contributed by atoms with Gasteiger partial charge in [0.05, 0.1) is 30.0 Å². The van der Waals surface area contributed by atoms with Crippen LogP contribution in [0.1, 0.15) is 18.9 Å². The topological polar surface area (TPSA) is 41.5 Å². The van der Waals surface area contributed by atoms with Crippen LogP contribution in [0, 0.1) is 0 Å². The predicted molar refractivity (Wildman–Crippen MR) is 87.1 cm³/mol. The van der Waals surface area contributed by atoms with E-state index in [1.54, 1.807) is 7.11 Å². The van der Waals surface area contributed by atoms with Crippen LogP contribution >= 0.6 is 11.6 Å². The molecular formula is C17H20ClNO2. The highest BCUT2D eigenvalue weighted by atomic mass is 35.5. The third kappa shape index (κ3) is 3.31. The Bertz CT molecular complexity index is 580. The summed E-state index contributed by atoms with van der Waals surface area (Å²) in [6.45, 7) is 2.01. The highest BCUT2D eigenvalue weighted by molar-refractivity contribution is 6.33. The fourth-order valence-corrected chi connectivity index (χ4v) is 2.52. The molecule has 2 aromatic rings. The second-order valence-corrected chi connectivity index (χ2v) is 5.33. The van der Waals surface area contributed by atoms with Crippen LogP contribution in [0.4, 0.5) is 5.69 Å². The lowest BCUT2D eigenvalue weighted by Gasteiger charge is -2.34. The number of methoxy groups -OCH3 is 1. The zero-order valence-electron chi connectivity index (χ0n) is 12.3. The first-order valence-corrected chi connectivity index (χ1v) is 7.31. The van der Waals surface area contributed by atoms with Crippen molar-refractivity contribution in [2.45, 2.75) is 18.9 Å². The number of aliphatic hydroxyl groups excluding tert-OH is 1. The van der Waals surface area contributed by atoms with Gasteiger partial charge in [0.25, 0.3) is 0 Å². The summed E-state index contributed by atoms with van der Waals surface area (Å²) in [6, 6.07) is 15.2. The first-order chi connectivity index (χ1) is 10.1. The smallest absolute Gasteiger partial charge is 0.118 e. The van der Waals surface area contributed by atoms with E-state index in [0.29, 0.717) is 5.02 Å². The fourth-order valence-electron chi connectivity index (χ4n) is 2.34. The van der Waals surface area contributed by atoms with Crippen LogP contribution in [0.15, 0.2) is 48.5 Å². The lowest BCUT2D eigenvalue weighted by molar-refractivity contribution is 0.207. The predicted octanol–water partition coefficient (Wildman–Crippen LogP) is 4.06. The van der Waals surface area contributed by atoms with Crippen LogP contribution in [-0.2, 0) is 5.54 Å². The largest absolute Gasteiger partial charge is 0.497 e. The zero-order valence-corrected chi connectivity index (χ0v) is 13.0. The third-order valence-corrected chi connectivity index (χ3v) is 4.09. The van der Waals surface area contributed by atoms with Gasteiger partial charge in [-0.1, -0.05) is 42.8 Å². The van der Waals surface area contributed by atoms with Crippen LogP contribution in [-0.4, -0.2) is 18.8 Å². The molecule has 4 heteroatoms. The van der Waals surface area contributed by atoms with Crippen LogP contribution in [0.25, 0.3) is 0 Å². The minimum Gasteiger partial charge on any atom is -0.497 e. The lowest BCUT2D eigenvalue weighted by Crippen LogP contribution is -2.38. The number of para-hydroxylation sites is 1. The second-order valence-electron chi connectivity index (χ2n) is 4.93. The first kappa shape index (κ1) is 15.7. The lowest BCUT2D eigenvalue weighted by atomic mass is 9.87. The molecule has 0 saturated heterocycles. The summed E-state index contributed by atoms with van der Waals surface area (Å²) in [5.41, 5.74) is 1.23. The Morgan fingerprint density at radius 2 is 1.81 bits per heavy atom. The van der Waals surface area contributed by atoms with E-state index in [4.69, 9.17) is 16.3 Å². The molecule has 0 spiro atoms. The Labute approximate surface area is 130 Å². The molecule has 3 nitrogen and oxygen atoms in total. The molecular weight excluding hydrogens is 286 g/mol. The minimum atomic E-state index is -0.572. The minimum absolute atomic E-state index is 0.0267. The van der Waals surface area contributed by atoms with E-state index in [1.807, 2.05) is 55.5 Å². The molecule has 2 aromatic carbocycles. The van der Waals surface area contributed by atoms with Gasteiger partial charge in [-0.2, -0.15) is 0 Å². The van der Waals surface area contributed by atoms with E-state index >= 15 is 0 Å². The molecule has 0 bridgehead atoms. The molecule has 1 unspecified atom stereocenters. The fraction of sp³-hybridized carbons (Fsp3) is 0.294. The molecule has 0 fully saturated rings. The molecule has 0 heterocycles. The van der Waals surface area contributed by atoms with Crippen molar-refractivity contribution in [2.75, 3.05) is 19.0 Å². The average molecular weight is 306 g/mol. The zero-order chi connectivity index (χ0) is 15.3. The Kier molecular flexibility index (Phi) is 5.10. The number of ether oxygens (including phenoxy) is 1. The summed E-state index contributed by atoms with van der Waals surface area (Å²) in [4.78, 5) is 0. The number of aliphatic hydroxyl groups is 1. The van der Waals surface area contributed by atoms with Crippen LogP contribution < -0.4 is 10.1 Å². The number of halogens is 1. The summed E-state index contributed by atoms with van der Waals surface area (Å²) in [7, 11) is 1.64.